The fourth-order valence-corrected chi connectivity index (χ4v) is 2.97. The van der Waals surface area contributed by atoms with Gasteiger partial charge < -0.3 is 5.32 Å². The fraction of sp³-hybridized carbons (Fsp3) is 0.0588. The van der Waals surface area contributed by atoms with E-state index in [9.17, 15) is 18.0 Å². The molecular weight excluding hydrogens is 373 g/mol. The summed E-state index contributed by atoms with van der Waals surface area (Å²) in [6.45, 7) is 0. The van der Waals surface area contributed by atoms with E-state index in [1.807, 2.05) is 0 Å². The Labute approximate surface area is 150 Å². The minimum atomic E-state index is -4.45. The van der Waals surface area contributed by atoms with Gasteiger partial charge in [0.05, 0.1) is 16.2 Å². The van der Waals surface area contributed by atoms with Crippen LogP contribution in [0.5, 0.6) is 0 Å². The molecule has 0 aromatic heterocycles. The van der Waals surface area contributed by atoms with Crippen LogP contribution < -0.4 is 5.32 Å². The van der Waals surface area contributed by atoms with Gasteiger partial charge in [0.2, 0.25) is 0 Å². The van der Waals surface area contributed by atoms with Crippen molar-refractivity contribution in [1.82, 2.24) is 5.32 Å². The lowest BCUT2D eigenvalue weighted by molar-refractivity contribution is -0.137. The zero-order chi connectivity index (χ0) is 18.0. The highest BCUT2D eigenvalue weighted by atomic mass is 35.5. The Hall–Kier alpha value is -2.25. The predicted octanol–water partition coefficient (Wildman–Crippen LogP) is 5.89. The standard InChI is InChI=1S/C17H10ClF3N2OS/c18-12-6-4-10(5-7-12)8-14-15(23-16(24)25-14)22-13-3-1-2-11(9-13)17(19,20)21/h1-9H,(H,22,23,24)/b14-8+. The largest absolute Gasteiger partial charge is 0.416 e. The van der Waals surface area contributed by atoms with Crippen LogP contribution in [0.3, 0.4) is 0 Å². The van der Waals surface area contributed by atoms with Crippen LogP contribution in [0.1, 0.15) is 11.1 Å². The molecule has 2 aromatic rings. The van der Waals surface area contributed by atoms with Crippen molar-refractivity contribution >= 4 is 46.2 Å². The first-order valence-electron chi connectivity index (χ1n) is 7.04. The van der Waals surface area contributed by atoms with Gasteiger partial charge in [-0.15, -0.1) is 0 Å². The van der Waals surface area contributed by atoms with E-state index < -0.39 is 11.7 Å². The van der Waals surface area contributed by atoms with Gasteiger partial charge in [-0.2, -0.15) is 13.2 Å². The number of aliphatic imine (C=N–C) groups is 1. The van der Waals surface area contributed by atoms with E-state index in [0.29, 0.717) is 9.93 Å². The first-order valence-corrected chi connectivity index (χ1v) is 8.23. The molecule has 1 fully saturated rings. The summed E-state index contributed by atoms with van der Waals surface area (Å²) in [5.74, 6) is 0.212. The van der Waals surface area contributed by atoms with Gasteiger partial charge in [-0.05, 0) is 53.7 Å². The van der Waals surface area contributed by atoms with Crippen molar-refractivity contribution in [2.45, 2.75) is 6.18 Å². The monoisotopic (exact) mass is 382 g/mol. The zero-order valence-corrected chi connectivity index (χ0v) is 14.0. The summed E-state index contributed by atoms with van der Waals surface area (Å²) < 4.78 is 38.4. The number of nitrogens with one attached hydrogen (secondary N) is 1. The molecule has 3 rings (SSSR count). The maximum atomic E-state index is 12.8. The lowest BCUT2D eigenvalue weighted by Crippen LogP contribution is -2.18. The molecule has 1 aliphatic rings. The van der Waals surface area contributed by atoms with Crippen LogP contribution in [0, 0.1) is 0 Å². The molecule has 0 bridgehead atoms. The summed E-state index contributed by atoms with van der Waals surface area (Å²) in [6, 6.07) is 11.5. The normalized spacial score (nSPS) is 18.0. The lowest BCUT2D eigenvalue weighted by Gasteiger charge is -2.07. The van der Waals surface area contributed by atoms with Crippen molar-refractivity contribution in [1.29, 1.82) is 0 Å². The van der Waals surface area contributed by atoms with Crippen molar-refractivity contribution in [3.63, 3.8) is 0 Å². The van der Waals surface area contributed by atoms with Gasteiger partial charge in [0, 0.05) is 5.02 Å². The Morgan fingerprint density at radius 1 is 1.12 bits per heavy atom. The van der Waals surface area contributed by atoms with Crippen molar-refractivity contribution in [2.24, 2.45) is 4.99 Å². The van der Waals surface area contributed by atoms with Gasteiger partial charge in [-0.25, -0.2) is 4.99 Å². The van der Waals surface area contributed by atoms with E-state index in [0.717, 1.165) is 29.5 Å². The molecule has 1 heterocycles. The summed E-state index contributed by atoms with van der Waals surface area (Å²) in [5.41, 5.74) is 0.101. The molecule has 1 aliphatic heterocycles. The van der Waals surface area contributed by atoms with Crippen LogP contribution >= 0.6 is 23.4 Å². The minimum absolute atomic E-state index is 0.106. The second-order valence-electron chi connectivity index (χ2n) is 5.08. The minimum Gasteiger partial charge on any atom is -0.300 e. The molecule has 25 heavy (non-hydrogen) atoms. The quantitative estimate of drug-likeness (QED) is 0.704. The van der Waals surface area contributed by atoms with Crippen molar-refractivity contribution in [3.8, 4) is 0 Å². The topological polar surface area (TPSA) is 41.5 Å². The molecule has 8 heteroatoms. The number of rotatable bonds is 2. The van der Waals surface area contributed by atoms with E-state index in [2.05, 4.69) is 10.3 Å². The Bertz CT molecular complexity index is 876. The number of hydrogen-bond acceptors (Lipinski definition) is 3. The molecule has 1 saturated heterocycles. The number of nitrogens with zero attached hydrogens (tertiary/aromatic N) is 1. The molecule has 3 nitrogen and oxygen atoms in total. The number of halogens is 4. The maximum absolute atomic E-state index is 12.8. The molecule has 1 amide bonds. The van der Waals surface area contributed by atoms with Crippen LogP contribution in [-0.2, 0) is 6.18 Å². The van der Waals surface area contributed by atoms with E-state index >= 15 is 0 Å². The number of amidine groups is 1. The molecule has 2 aromatic carbocycles. The van der Waals surface area contributed by atoms with Gasteiger partial charge in [0.25, 0.3) is 5.24 Å². The van der Waals surface area contributed by atoms with Gasteiger partial charge in [-0.1, -0.05) is 29.8 Å². The third kappa shape index (κ3) is 4.43. The summed E-state index contributed by atoms with van der Waals surface area (Å²) in [4.78, 5) is 16.3. The Morgan fingerprint density at radius 2 is 1.84 bits per heavy atom. The van der Waals surface area contributed by atoms with Crippen molar-refractivity contribution < 1.29 is 18.0 Å². The number of carbonyl (C=O) groups is 1. The summed E-state index contributed by atoms with van der Waals surface area (Å²) in [7, 11) is 0. The van der Waals surface area contributed by atoms with E-state index in [4.69, 9.17) is 11.6 Å². The smallest absolute Gasteiger partial charge is 0.300 e. The SMILES string of the molecule is O=C1NC(=Nc2cccc(C(F)(F)F)c2)/C(=C\c2ccc(Cl)cc2)S1. The van der Waals surface area contributed by atoms with E-state index in [1.165, 1.54) is 12.1 Å². The van der Waals surface area contributed by atoms with Crippen LogP contribution in [0.2, 0.25) is 5.02 Å². The lowest BCUT2D eigenvalue weighted by atomic mass is 10.2. The Morgan fingerprint density at radius 3 is 2.52 bits per heavy atom. The molecule has 0 unspecified atom stereocenters. The van der Waals surface area contributed by atoms with Gasteiger partial charge in [0.1, 0.15) is 5.84 Å². The van der Waals surface area contributed by atoms with Gasteiger partial charge in [-0.3, -0.25) is 4.79 Å². The number of alkyl halides is 3. The predicted molar refractivity (Wildman–Crippen MR) is 94.1 cm³/mol. The highest BCUT2D eigenvalue weighted by Gasteiger charge is 2.30. The molecule has 0 saturated carbocycles. The summed E-state index contributed by atoms with van der Waals surface area (Å²) in [6.07, 6.45) is -2.74. The molecule has 0 spiro atoms. The van der Waals surface area contributed by atoms with Crippen molar-refractivity contribution in [2.75, 3.05) is 0 Å². The Balaban J connectivity index is 1.95. The second-order valence-corrected chi connectivity index (χ2v) is 6.53. The number of hydrogen-bond donors (Lipinski definition) is 1. The average molecular weight is 383 g/mol. The number of carbonyl (C=O) groups excluding carboxylic acids is 1. The number of thioether (sulfide) groups is 1. The summed E-state index contributed by atoms with van der Waals surface area (Å²) >= 11 is 6.76. The van der Waals surface area contributed by atoms with Crippen LogP contribution in [-0.4, -0.2) is 11.1 Å². The third-order valence-corrected chi connectivity index (χ3v) is 4.31. The van der Waals surface area contributed by atoms with Crippen LogP contribution in [0.15, 0.2) is 58.4 Å². The number of benzene rings is 2. The van der Waals surface area contributed by atoms with Crippen LogP contribution in [0.25, 0.3) is 6.08 Å². The Kier molecular flexibility index (Phi) is 4.87. The molecule has 0 radical (unpaired) electrons. The molecule has 128 valence electrons. The first-order chi connectivity index (χ1) is 11.8. The first kappa shape index (κ1) is 17.6. The van der Waals surface area contributed by atoms with Crippen molar-refractivity contribution in [3.05, 3.63) is 69.6 Å². The highest BCUT2D eigenvalue weighted by molar-refractivity contribution is 8.18. The van der Waals surface area contributed by atoms with Gasteiger partial charge >= 0.3 is 6.18 Å². The molecular formula is C17H10ClF3N2OS. The average Bonchev–Trinajstić information content (AvgIpc) is 2.88. The van der Waals surface area contributed by atoms with Crippen LogP contribution in [0.4, 0.5) is 23.7 Å². The maximum Gasteiger partial charge on any atom is 0.416 e. The second kappa shape index (κ2) is 6.93. The van der Waals surface area contributed by atoms with Gasteiger partial charge in [0.15, 0.2) is 0 Å². The highest BCUT2D eigenvalue weighted by Crippen LogP contribution is 2.33. The molecule has 0 atom stereocenters. The van der Waals surface area contributed by atoms with E-state index in [1.54, 1.807) is 30.3 Å². The molecule has 0 aliphatic carbocycles. The zero-order valence-electron chi connectivity index (χ0n) is 12.5. The summed E-state index contributed by atoms with van der Waals surface area (Å²) in [5, 5.41) is 2.78. The fourth-order valence-electron chi connectivity index (χ4n) is 2.10. The third-order valence-electron chi connectivity index (χ3n) is 3.24. The van der Waals surface area contributed by atoms with E-state index in [-0.39, 0.29) is 16.8 Å². The molecule has 1 N–H and O–H groups in total. The number of amides is 1.